The minimum Gasteiger partial charge on any atom is -0.366 e. The predicted molar refractivity (Wildman–Crippen MR) is 104 cm³/mol. The number of rotatable bonds is 5. The lowest BCUT2D eigenvalue weighted by molar-refractivity contribution is -0.141. The number of alkyl halides is 5. The van der Waals surface area contributed by atoms with E-state index in [2.05, 4.69) is 15.3 Å². The van der Waals surface area contributed by atoms with E-state index in [9.17, 15) is 26.7 Å². The molecule has 1 aliphatic carbocycles. The first-order valence-corrected chi connectivity index (χ1v) is 9.98. The van der Waals surface area contributed by atoms with Crippen LogP contribution in [0.15, 0.2) is 24.4 Å². The molecule has 0 radical (unpaired) electrons. The first-order valence-electron chi connectivity index (χ1n) is 9.98. The summed E-state index contributed by atoms with van der Waals surface area (Å²) in [6, 6.07) is 4.23. The van der Waals surface area contributed by atoms with Crippen molar-refractivity contribution in [2.24, 2.45) is 5.92 Å². The molecule has 2 aliphatic rings. The first-order chi connectivity index (χ1) is 14.5. The molecule has 1 N–H and O–H groups in total. The van der Waals surface area contributed by atoms with Gasteiger partial charge < -0.3 is 10.2 Å². The number of anilines is 2. The fourth-order valence-corrected chi connectivity index (χ4v) is 3.75. The number of nitrogens with one attached hydrogen (secondary N) is 1. The quantitative estimate of drug-likeness (QED) is 0.683. The number of nitrogens with zero attached hydrogens (tertiary/aromatic N) is 3. The highest BCUT2D eigenvalue weighted by molar-refractivity contribution is 5.91. The minimum atomic E-state index is -4.48. The number of fused-ring (bicyclic) bond motifs is 1. The summed E-state index contributed by atoms with van der Waals surface area (Å²) in [7, 11) is 0. The van der Waals surface area contributed by atoms with Crippen molar-refractivity contribution in [2.45, 2.75) is 51.3 Å². The van der Waals surface area contributed by atoms with Gasteiger partial charge in [-0.3, -0.25) is 9.78 Å². The maximum atomic E-state index is 13.0. The van der Waals surface area contributed by atoms with Crippen molar-refractivity contribution < 1.29 is 26.7 Å². The smallest absolute Gasteiger partial charge is 0.366 e. The van der Waals surface area contributed by atoms with E-state index in [1.807, 2.05) is 11.0 Å². The molecule has 2 aromatic heterocycles. The van der Waals surface area contributed by atoms with Crippen LogP contribution in [0.4, 0.5) is 33.5 Å². The van der Waals surface area contributed by atoms with Crippen molar-refractivity contribution in [3.05, 3.63) is 46.9 Å². The maximum Gasteiger partial charge on any atom is 0.433 e. The van der Waals surface area contributed by atoms with E-state index in [-0.39, 0.29) is 12.8 Å². The lowest BCUT2D eigenvalue weighted by Crippen LogP contribution is -2.30. The second-order valence-electron chi connectivity index (χ2n) is 8.11. The van der Waals surface area contributed by atoms with Gasteiger partial charge >= 0.3 is 6.18 Å². The Hall–Kier alpha value is -2.78. The number of pyridine rings is 2. The van der Waals surface area contributed by atoms with Crippen LogP contribution in [0.1, 0.15) is 41.8 Å². The first kappa shape index (κ1) is 21.5. The summed E-state index contributed by atoms with van der Waals surface area (Å²) in [5.41, 5.74) is 1.99. The Morgan fingerprint density at radius 3 is 2.68 bits per heavy atom. The number of hydrogen-bond donors (Lipinski definition) is 1. The Balaban J connectivity index is 1.47. The van der Waals surface area contributed by atoms with Gasteiger partial charge in [-0.1, -0.05) is 6.07 Å². The largest absolute Gasteiger partial charge is 0.433 e. The standard InChI is InChI=1S/C21H21F5N4O/c1-12-7-16-15(28-19(12)29-18(31)8-14-9-20(14,22)23)3-2-6-30(16)11-13-4-5-17(27-10-13)21(24,25)26/h4-5,7,10,14H,2-3,6,8-9,11H2,1H3,(H,28,29,31)/t14-/m1/s1. The zero-order valence-corrected chi connectivity index (χ0v) is 16.8. The van der Waals surface area contributed by atoms with E-state index in [1.165, 1.54) is 12.3 Å². The summed E-state index contributed by atoms with van der Waals surface area (Å²) >= 11 is 0. The molecule has 0 saturated heterocycles. The van der Waals surface area contributed by atoms with Crippen LogP contribution in [0.3, 0.4) is 0 Å². The lowest BCUT2D eigenvalue weighted by atomic mass is 10.0. The normalized spacial score (nSPS) is 19.7. The average molecular weight is 440 g/mol. The van der Waals surface area contributed by atoms with E-state index in [1.54, 1.807) is 6.92 Å². The van der Waals surface area contributed by atoms with E-state index in [0.717, 1.165) is 23.9 Å². The number of halogens is 5. The van der Waals surface area contributed by atoms with E-state index in [0.29, 0.717) is 36.5 Å². The van der Waals surface area contributed by atoms with Gasteiger partial charge in [-0.2, -0.15) is 13.2 Å². The zero-order valence-electron chi connectivity index (χ0n) is 16.8. The summed E-state index contributed by atoms with van der Waals surface area (Å²) < 4.78 is 64.2. The number of carbonyl (C=O) groups excluding carboxylic acids is 1. The van der Waals surface area contributed by atoms with Crippen molar-refractivity contribution in [2.75, 3.05) is 16.8 Å². The van der Waals surface area contributed by atoms with Crippen LogP contribution in [-0.4, -0.2) is 28.3 Å². The number of carbonyl (C=O) groups is 1. The van der Waals surface area contributed by atoms with Crippen molar-refractivity contribution in [1.82, 2.24) is 9.97 Å². The van der Waals surface area contributed by atoms with Crippen molar-refractivity contribution in [3.8, 4) is 0 Å². The van der Waals surface area contributed by atoms with Crippen molar-refractivity contribution >= 4 is 17.4 Å². The van der Waals surface area contributed by atoms with Gasteiger partial charge in [-0.05, 0) is 43.0 Å². The third kappa shape index (κ3) is 4.77. The molecule has 2 aromatic rings. The zero-order chi connectivity index (χ0) is 22.4. The van der Waals surface area contributed by atoms with Gasteiger partial charge in [0.05, 0.1) is 11.4 Å². The van der Waals surface area contributed by atoms with Gasteiger partial charge in [0.15, 0.2) is 0 Å². The van der Waals surface area contributed by atoms with Crippen LogP contribution in [0, 0.1) is 12.8 Å². The molecule has 1 amide bonds. The van der Waals surface area contributed by atoms with Crippen LogP contribution >= 0.6 is 0 Å². The molecular weight excluding hydrogens is 419 g/mol. The molecule has 1 atom stereocenters. The molecule has 0 aromatic carbocycles. The molecule has 0 bridgehead atoms. The molecule has 1 aliphatic heterocycles. The summed E-state index contributed by atoms with van der Waals surface area (Å²) in [5, 5.41) is 2.64. The van der Waals surface area contributed by atoms with Crippen LogP contribution < -0.4 is 10.2 Å². The molecule has 0 spiro atoms. The average Bonchev–Trinajstić information content (AvgIpc) is 3.28. The monoisotopic (exact) mass is 440 g/mol. The fourth-order valence-electron chi connectivity index (χ4n) is 3.75. The van der Waals surface area contributed by atoms with E-state index >= 15 is 0 Å². The van der Waals surface area contributed by atoms with Crippen molar-refractivity contribution in [1.29, 1.82) is 0 Å². The molecule has 166 valence electrons. The Morgan fingerprint density at radius 2 is 2.06 bits per heavy atom. The number of aromatic nitrogens is 2. The summed E-state index contributed by atoms with van der Waals surface area (Å²) in [6.07, 6.45) is -2.28. The van der Waals surface area contributed by atoms with Gasteiger partial charge in [-0.15, -0.1) is 0 Å². The van der Waals surface area contributed by atoms with Gasteiger partial charge in [0.2, 0.25) is 5.91 Å². The van der Waals surface area contributed by atoms with Crippen LogP contribution in [0.25, 0.3) is 0 Å². The molecule has 1 saturated carbocycles. The van der Waals surface area contributed by atoms with Crippen molar-refractivity contribution in [3.63, 3.8) is 0 Å². The molecule has 4 rings (SSSR count). The fraction of sp³-hybridized carbons (Fsp3) is 0.476. The Kier molecular flexibility index (Phi) is 5.35. The Bertz CT molecular complexity index is 990. The summed E-state index contributed by atoms with van der Waals surface area (Å²) in [5.74, 6) is -3.78. The van der Waals surface area contributed by atoms with Crippen LogP contribution in [0.5, 0.6) is 0 Å². The van der Waals surface area contributed by atoms with E-state index < -0.39 is 29.6 Å². The third-order valence-corrected chi connectivity index (χ3v) is 5.59. The maximum absolute atomic E-state index is 13.0. The molecule has 3 heterocycles. The van der Waals surface area contributed by atoms with E-state index in [4.69, 9.17) is 0 Å². The van der Waals surface area contributed by atoms with Crippen LogP contribution in [-0.2, 0) is 23.9 Å². The Morgan fingerprint density at radius 1 is 1.32 bits per heavy atom. The number of aryl methyl sites for hydroxylation is 2. The van der Waals surface area contributed by atoms with Gasteiger partial charge in [-0.25, -0.2) is 13.8 Å². The SMILES string of the molecule is Cc1cc2c(nc1NC(=O)C[C@@H]1CC1(F)F)CCCN2Cc1ccc(C(F)(F)F)nc1. The molecule has 0 unspecified atom stereocenters. The van der Waals surface area contributed by atoms with Gasteiger partial charge in [0.25, 0.3) is 5.92 Å². The highest BCUT2D eigenvalue weighted by Gasteiger charge is 2.57. The summed E-state index contributed by atoms with van der Waals surface area (Å²) in [4.78, 5) is 22.1. The van der Waals surface area contributed by atoms with Crippen LogP contribution in [0.2, 0.25) is 0 Å². The number of amides is 1. The third-order valence-electron chi connectivity index (χ3n) is 5.59. The minimum absolute atomic E-state index is 0.238. The number of hydrogen-bond acceptors (Lipinski definition) is 4. The lowest BCUT2D eigenvalue weighted by Gasteiger charge is -2.31. The Labute approximate surface area is 175 Å². The predicted octanol–water partition coefficient (Wildman–Crippen LogP) is 4.74. The molecule has 5 nitrogen and oxygen atoms in total. The molecule has 10 heteroatoms. The van der Waals surface area contributed by atoms with Gasteiger partial charge in [0.1, 0.15) is 11.5 Å². The topological polar surface area (TPSA) is 58.1 Å². The second kappa shape index (κ2) is 7.72. The molecule has 1 fully saturated rings. The van der Waals surface area contributed by atoms with Gasteiger partial charge in [0, 0.05) is 38.0 Å². The highest BCUT2D eigenvalue weighted by Crippen LogP contribution is 2.50. The summed E-state index contributed by atoms with van der Waals surface area (Å²) in [6.45, 7) is 2.85. The molecular formula is C21H21F5N4O. The highest BCUT2D eigenvalue weighted by atomic mass is 19.4. The second-order valence-corrected chi connectivity index (χ2v) is 8.11. The molecule has 31 heavy (non-hydrogen) atoms.